The van der Waals surface area contributed by atoms with Crippen molar-refractivity contribution in [2.45, 2.75) is 25.3 Å². The predicted molar refractivity (Wildman–Crippen MR) is 69.3 cm³/mol. The van der Waals surface area contributed by atoms with Gasteiger partial charge in [-0.25, -0.2) is 0 Å². The van der Waals surface area contributed by atoms with E-state index in [2.05, 4.69) is 10.6 Å². The van der Waals surface area contributed by atoms with Crippen LogP contribution in [0.2, 0.25) is 5.02 Å². The van der Waals surface area contributed by atoms with Gasteiger partial charge < -0.3 is 10.6 Å². The van der Waals surface area contributed by atoms with E-state index in [1.54, 1.807) is 12.1 Å². The molecule has 2 rings (SSSR count). The van der Waals surface area contributed by atoms with E-state index in [1.165, 1.54) is 0 Å². The number of amides is 2. The van der Waals surface area contributed by atoms with E-state index in [9.17, 15) is 9.59 Å². The molecule has 1 heterocycles. The molecular formula is C13H15ClN2O2. The summed E-state index contributed by atoms with van der Waals surface area (Å²) >= 11 is 5.77. The standard InChI is InChI=1S/C13H15ClN2O2/c14-10-3-1-9(2-4-10)7-13(18)16-11-5-6-15-12(17)8-11/h1-4,11H,5-8H2,(H,15,17)(H,16,18). The Morgan fingerprint density at radius 2 is 2.11 bits per heavy atom. The number of carbonyl (C=O) groups is 2. The van der Waals surface area contributed by atoms with Gasteiger partial charge in [0.1, 0.15) is 0 Å². The van der Waals surface area contributed by atoms with Gasteiger partial charge in [0.15, 0.2) is 0 Å². The summed E-state index contributed by atoms with van der Waals surface area (Å²) in [4.78, 5) is 23.0. The van der Waals surface area contributed by atoms with Crippen LogP contribution in [-0.4, -0.2) is 24.4 Å². The molecule has 0 spiro atoms. The number of hydrogen-bond donors (Lipinski definition) is 2. The number of benzene rings is 1. The van der Waals surface area contributed by atoms with Crippen LogP contribution in [0.5, 0.6) is 0 Å². The third kappa shape index (κ3) is 3.74. The van der Waals surface area contributed by atoms with Crippen LogP contribution in [0.1, 0.15) is 18.4 Å². The second-order valence-electron chi connectivity index (χ2n) is 4.41. The first-order valence-electron chi connectivity index (χ1n) is 5.94. The van der Waals surface area contributed by atoms with Crippen molar-refractivity contribution in [3.63, 3.8) is 0 Å². The van der Waals surface area contributed by atoms with Gasteiger partial charge >= 0.3 is 0 Å². The quantitative estimate of drug-likeness (QED) is 0.866. The molecule has 0 bridgehead atoms. The van der Waals surface area contributed by atoms with Gasteiger partial charge in [-0.3, -0.25) is 9.59 Å². The molecule has 1 fully saturated rings. The molecule has 2 N–H and O–H groups in total. The molecule has 0 saturated carbocycles. The maximum atomic E-state index is 11.8. The van der Waals surface area contributed by atoms with Gasteiger partial charge in [-0.2, -0.15) is 0 Å². The third-order valence-corrected chi connectivity index (χ3v) is 3.14. The zero-order valence-electron chi connectivity index (χ0n) is 9.91. The van der Waals surface area contributed by atoms with E-state index in [-0.39, 0.29) is 17.9 Å². The summed E-state index contributed by atoms with van der Waals surface area (Å²) in [5, 5.41) is 6.27. The number of hydrogen-bond acceptors (Lipinski definition) is 2. The number of rotatable bonds is 3. The Bertz CT molecular complexity index is 445. The first kappa shape index (κ1) is 12.9. The maximum absolute atomic E-state index is 11.8. The van der Waals surface area contributed by atoms with Crippen LogP contribution in [0.4, 0.5) is 0 Å². The Labute approximate surface area is 111 Å². The van der Waals surface area contributed by atoms with E-state index >= 15 is 0 Å². The lowest BCUT2D eigenvalue weighted by Crippen LogP contribution is -2.45. The fourth-order valence-electron chi connectivity index (χ4n) is 1.97. The molecule has 1 aromatic rings. The van der Waals surface area contributed by atoms with Crippen molar-refractivity contribution in [2.24, 2.45) is 0 Å². The number of carbonyl (C=O) groups excluding carboxylic acids is 2. The van der Waals surface area contributed by atoms with Crippen LogP contribution in [-0.2, 0) is 16.0 Å². The molecule has 4 nitrogen and oxygen atoms in total. The molecule has 1 unspecified atom stereocenters. The first-order chi connectivity index (χ1) is 8.63. The lowest BCUT2D eigenvalue weighted by atomic mass is 10.1. The topological polar surface area (TPSA) is 58.2 Å². The molecule has 1 aliphatic heterocycles. The normalized spacial score (nSPS) is 19.2. The van der Waals surface area contributed by atoms with Gasteiger partial charge in [-0.15, -0.1) is 0 Å². The van der Waals surface area contributed by atoms with E-state index in [4.69, 9.17) is 11.6 Å². The predicted octanol–water partition coefficient (Wildman–Crippen LogP) is 1.28. The highest BCUT2D eigenvalue weighted by Gasteiger charge is 2.20. The first-order valence-corrected chi connectivity index (χ1v) is 6.32. The summed E-state index contributed by atoms with van der Waals surface area (Å²) < 4.78 is 0. The highest BCUT2D eigenvalue weighted by atomic mass is 35.5. The Hall–Kier alpha value is -1.55. The van der Waals surface area contributed by atoms with Gasteiger partial charge in [0, 0.05) is 24.0 Å². The largest absolute Gasteiger partial charge is 0.356 e. The molecule has 1 aliphatic rings. The summed E-state index contributed by atoms with van der Waals surface area (Å²) in [7, 11) is 0. The number of piperidine rings is 1. The van der Waals surface area contributed by atoms with Crippen LogP contribution >= 0.6 is 11.6 Å². The molecule has 0 radical (unpaired) electrons. The van der Waals surface area contributed by atoms with Crippen molar-refractivity contribution in [3.05, 3.63) is 34.9 Å². The van der Waals surface area contributed by atoms with Gasteiger partial charge in [0.2, 0.25) is 11.8 Å². The van der Waals surface area contributed by atoms with Crippen LogP contribution in [0, 0.1) is 0 Å². The third-order valence-electron chi connectivity index (χ3n) is 2.89. The molecule has 96 valence electrons. The van der Waals surface area contributed by atoms with Crippen LogP contribution < -0.4 is 10.6 Å². The van der Waals surface area contributed by atoms with Crippen molar-refractivity contribution in [1.29, 1.82) is 0 Å². The lowest BCUT2D eigenvalue weighted by Gasteiger charge is -2.23. The highest BCUT2D eigenvalue weighted by Crippen LogP contribution is 2.10. The molecule has 18 heavy (non-hydrogen) atoms. The summed E-state index contributed by atoms with van der Waals surface area (Å²) in [5.74, 6) is -0.0601. The van der Waals surface area contributed by atoms with E-state index in [1.807, 2.05) is 12.1 Å². The average Bonchev–Trinajstić information content (AvgIpc) is 2.32. The molecule has 2 amide bonds. The van der Waals surface area contributed by atoms with Gasteiger partial charge in [0.25, 0.3) is 0 Å². The molecule has 1 saturated heterocycles. The Kier molecular flexibility index (Phi) is 4.20. The zero-order chi connectivity index (χ0) is 13.0. The molecular weight excluding hydrogens is 252 g/mol. The summed E-state index contributed by atoms with van der Waals surface area (Å²) in [6.45, 7) is 0.630. The second kappa shape index (κ2) is 5.87. The second-order valence-corrected chi connectivity index (χ2v) is 4.85. The summed E-state index contributed by atoms with van der Waals surface area (Å²) in [6, 6.07) is 7.14. The fraction of sp³-hybridized carbons (Fsp3) is 0.385. The SMILES string of the molecule is O=C1CC(NC(=O)Cc2ccc(Cl)cc2)CCN1. The maximum Gasteiger partial charge on any atom is 0.224 e. The van der Waals surface area contributed by atoms with Crippen molar-refractivity contribution < 1.29 is 9.59 Å². The van der Waals surface area contributed by atoms with Crippen molar-refractivity contribution >= 4 is 23.4 Å². The fourth-order valence-corrected chi connectivity index (χ4v) is 2.10. The summed E-state index contributed by atoms with van der Waals surface area (Å²) in [5.41, 5.74) is 0.914. The molecule has 0 aromatic heterocycles. The minimum absolute atomic E-state index is 0.00181. The van der Waals surface area contributed by atoms with E-state index in [0.717, 1.165) is 12.0 Å². The smallest absolute Gasteiger partial charge is 0.224 e. The molecule has 5 heteroatoms. The van der Waals surface area contributed by atoms with Crippen molar-refractivity contribution in [3.8, 4) is 0 Å². The van der Waals surface area contributed by atoms with Crippen molar-refractivity contribution in [1.82, 2.24) is 10.6 Å². The van der Waals surface area contributed by atoms with Crippen LogP contribution in [0.3, 0.4) is 0 Å². The lowest BCUT2D eigenvalue weighted by molar-refractivity contribution is -0.124. The van der Waals surface area contributed by atoms with Crippen molar-refractivity contribution in [2.75, 3.05) is 6.54 Å². The monoisotopic (exact) mass is 266 g/mol. The van der Waals surface area contributed by atoms with Gasteiger partial charge in [-0.1, -0.05) is 23.7 Å². The number of nitrogens with one attached hydrogen (secondary N) is 2. The molecule has 1 atom stereocenters. The van der Waals surface area contributed by atoms with E-state index < -0.39 is 0 Å². The zero-order valence-corrected chi connectivity index (χ0v) is 10.7. The minimum Gasteiger partial charge on any atom is -0.356 e. The van der Waals surface area contributed by atoms with Crippen LogP contribution in [0.25, 0.3) is 0 Å². The van der Waals surface area contributed by atoms with Crippen LogP contribution in [0.15, 0.2) is 24.3 Å². The highest BCUT2D eigenvalue weighted by molar-refractivity contribution is 6.30. The van der Waals surface area contributed by atoms with Gasteiger partial charge in [-0.05, 0) is 24.1 Å². The minimum atomic E-state index is -0.0583. The molecule has 0 aliphatic carbocycles. The van der Waals surface area contributed by atoms with Gasteiger partial charge in [0.05, 0.1) is 6.42 Å². The Balaban J connectivity index is 1.84. The Morgan fingerprint density at radius 1 is 1.39 bits per heavy atom. The summed E-state index contributed by atoms with van der Waals surface area (Å²) in [6.07, 6.45) is 1.47. The molecule has 1 aromatic carbocycles. The number of halogens is 1. The Morgan fingerprint density at radius 3 is 2.78 bits per heavy atom. The average molecular weight is 267 g/mol. The van der Waals surface area contributed by atoms with E-state index in [0.29, 0.717) is 24.4 Å².